The van der Waals surface area contributed by atoms with Crippen LogP contribution in [0.2, 0.25) is 0 Å². The van der Waals surface area contributed by atoms with Crippen LogP contribution in [0.4, 0.5) is 16.2 Å². The number of nitrogens with one attached hydrogen (secondary N) is 2. The zero-order chi connectivity index (χ0) is 16.8. The molecule has 2 aromatic carbocycles. The molecule has 0 saturated carbocycles. The minimum Gasteiger partial charge on any atom is -0.489 e. The topological polar surface area (TPSA) is 50.4 Å². The standard InChI is InChI=1S/C19H24N2O2/c1-13(2)15-9-5-6-10-16(15)20-19(22)21-17-11-7-8-12-18(17)23-14(3)4/h5-14H,1-4H3,(H2,20,21,22). The first kappa shape index (κ1) is 16.9. The van der Waals surface area contributed by atoms with Crippen LogP contribution >= 0.6 is 0 Å². The summed E-state index contributed by atoms with van der Waals surface area (Å²) in [7, 11) is 0. The van der Waals surface area contributed by atoms with Gasteiger partial charge in [0.05, 0.1) is 11.8 Å². The van der Waals surface area contributed by atoms with Crippen molar-refractivity contribution in [3.63, 3.8) is 0 Å². The Morgan fingerprint density at radius 1 is 0.870 bits per heavy atom. The summed E-state index contributed by atoms with van der Waals surface area (Å²) in [5.74, 6) is 0.998. The van der Waals surface area contributed by atoms with Gasteiger partial charge in [-0.05, 0) is 43.5 Å². The lowest BCUT2D eigenvalue weighted by Crippen LogP contribution is -2.21. The number of ether oxygens (including phenoxy) is 1. The summed E-state index contributed by atoms with van der Waals surface area (Å²) in [5, 5.41) is 5.77. The number of carbonyl (C=O) groups is 1. The molecule has 122 valence electrons. The molecular formula is C19H24N2O2. The van der Waals surface area contributed by atoms with Crippen LogP contribution in [0.5, 0.6) is 5.75 Å². The fourth-order valence-electron chi connectivity index (χ4n) is 2.32. The maximum Gasteiger partial charge on any atom is 0.323 e. The first-order chi connectivity index (χ1) is 11.0. The van der Waals surface area contributed by atoms with Crippen LogP contribution < -0.4 is 15.4 Å². The number of benzene rings is 2. The fraction of sp³-hybridized carbons (Fsp3) is 0.316. The predicted molar refractivity (Wildman–Crippen MR) is 95.4 cm³/mol. The van der Waals surface area contributed by atoms with Crippen molar-refractivity contribution >= 4 is 17.4 Å². The Kier molecular flexibility index (Phi) is 5.63. The van der Waals surface area contributed by atoms with Crippen LogP contribution in [0.3, 0.4) is 0 Å². The largest absolute Gasteiger partial charge is 0.489 e. The molecule has 0 unspecified atom stereocenters. The van der Waals surface area contributed by atoms with Gasteiger partial charge in [-0.15, -0.1) is 0 Å². The Morgan fingerprint density at radius 3 is 2.09 bits per heavy atom. The van der Waals surface area contributed by atoms with E-state index in [1.807, 2.05) is 62.4 Å². The molecule has 0 atom stereocenters. The van der Waals surface area contributed by atoms with Crippen LogP contribution in [-0.4, -0.2) is 12.1 Å². The number of amides is 2. The van der Waals surface area contributed by atoms with Crippen molar-refractivity contribution in [3.05, 3.63) is 54.1 Å². The monoisotopic (exact) mass is 312 g/mol. The third-order valence-corrected chi connectivity index (χ3v) is 3.33. The van der Waals surface area contributed by atoms with Crippen molar-refractivity contribution in [2.75, 3.05) is 10.6 Å². The number of hydrogen-bond donors (Lipinski definition) is 2. The highest BCUT2D eigenvalue weighted by Crippen LogP contribution is 2.26. The predicted octanol–water partition coefficient (Wildman–Crippen LogP) is 5.24. The van der Waals surface area contributed by atoms with Gasteiger partial charge < -0.3 is 15.4 Å². The van der Waals surface area contributed by atoms with E-state index in [0.717, 1.165) is 11.3 Å². The molecule has 2 N–H and O–H groups in total. The van der Waals surface area contributed by atoms with E-state index in [-0.39, 0.29) is 12.1 Å². The summed E-state index contributed by atoms with van der Waals surface area (Å²) >= 11 is 0. The van der Waals surface area contributed by atoms with Crippen LogP contribution in [-0.2, 0) is 0 Å². The van der Waals surface area contributed by atoms with Crippen LogP contribution in [0.15, 0.2) is 48.5 Å². The maximum atomic E-state index is 12.3. The molecule has 4 heteroatoms. The van der Waals surface area contributed by atoms with Gasteiger partial charge >= 0.3 is 6.03 Å². The Bertz CT molecular complexity index is 666. The van der Waals surface area contributed by atoms with Crippen molar-refractivity contribution in [1.82, 2.24) is 0 Å². The summed E-state index contributed by atoms with van der Waals surface area (Å²) in [6.45, 7) is 8.11. The van der Waals surface area contributed by atoms with E-state index in [2.05, 4.69) is 24.5 Å². The third kappa shape index (κ3) is 4.74. The van der Waals surface area contributed by atoms with Crippen LogP contribution in [0.25, 0.3) is 0 Å². The summed E-state index contributed by atoms with van der Waals surface area (Å²) < 4.78 is 5.72. The molecule has 0 aliphatic heterocycles. The smallest absolute Gasteiger partial charge is 0.323 e. The van der Waals surface area contributed by atoms with Gasteiger partial charge in [-0.2, -0.15) is 0 Å². The molecule has 0 saturated heterocycles. The van der Waals surface area contributed by atoms with E-state index in [1.54, 1.807) is 0 Å². The summed E-state index contributed by atoms with van der Waals surface area (Å²) in [6.07, 6.45) is 0.0441. The van der Waals surface area contributed by atoms with Crippen molar-refractivity contribution in [2.24, 2.45) is 0 Å². The number of urea groups is 1. The molecule has 23 heavy (non-hydrogen) atoms. The number of rotatable bonds is 5. The second kappa shape index (κ2) is 7.68. The average molecular weight is 312 g/mol. The maximum absolute atomic E-state index is 12.3. The first-order valence-corrected chi connectivity index (χ1v) is 7.90. The molecule has 2 rings (SSSR count). The van der Waals surface area contributed by atoms with E-state index >= 15 is 0 Å². The average Bonchev–Trinajstić information content (AvgIpc) is 2.49. The van der Waals surface area contributed by atoms with Gasteiger partial charge in [-0.1, -0.05) is 44.2 Å². The molecule has 0 bridgehead atoms. The second-order valence-corrected chi connectivity index (χ2v) is 5.98. The highest BCUT2D eigenvalue weighted by Gasteiger charge is 2.11. The van der Waals surface area contributed by atoms with Crippen molar-refractivity contribution in [2.45, 2.75) is 39.7 Å². The SMILES string of the molecule is CC(C)Oc1ccccc1NC(=O)Nc1ccccc1C(C)C. The van der Waals surface area contributed by atoms with Crippen molar-refractivity contribution in [1.29, 1.82) is 0 Å². The molecule has 0 fully saturated rings. The minimum absolute atomic E-state index is 0.0441. The van der Waals surface area contributed by atoms with Crippen LogP contribution in [0.1, 0.15) is 39.2 Å². The number of para-hydroxylation sites is 3. The van der Waals surface area contributed by atoms with E-state index in [4.69, 9.17) is 4.74 Å². The second-order valence-electron chi connectivity index (χ2n) is 5.98. The lowest BCUT2D eigenvalue weighted by Gasteiger charge is -2.17. The van der Waals surface area contributed by atoms with Crippen LogP contribution in [0, 0.1) is 0 Å². The van der Waals surface area contributed by atoms with Gasteiger partial charge in [-0.3, -0.25) is 0 Å². The molecule has 2 aromatic rings. The Balaban J connectivity index is 2.12. The molecule has 0 aromatic heterocycles. The number of carbonyl (C=O) groups excluding carboxylic acids is 1. The summed E-state index contributed by atoms with van der Waals surface area (Å²) in [5.41, 5.74) is 2.58. The molecule has 0 aliphatic carbocycles. The number of anilines is 2. The Hall–Kier alpha value is -2.49. The molecule has 2 amide bonds. The van der Waals surface area contributed by atoms with E-state index in [9.17, 15) is 4.79 Å². The molecular weight excluding hydrogens is 288 g/mol. The minimum atomic E-state index is -0.280. The van der Waals surface area contributed by atoms with Gasteiger partial charge in [0.15, 0.2) is 0 Å². The quantitative estimate of drug-likeness (QED) is 0.793. The molecule has 0 spiro atoms. The summed E-state index contributed by atoms with van der Waals surface area (Å²) in [6, 6.07) is 15.0. The first-order valence-electron chi connectivity index (χ1n) is 7.90. The van der Waals surface area contributed by atoms with E-state index < -0.39 is 0 Å². The molecule has 0 aliphatic rings. The zero-order valence-corrected chi connectivity index (χ0v) is 14.1. The zero-order valence-electron chi connectivity index (χ0n) is 14.1. The highest BCUT2D eigenvalue weighted by molar-refractivity contribution is 6.01. The molecule has 0 radical (unpaired) electrons. The third-order valence-electron chi connectivity index (χ3n) is 3.33. The summed E-state index contributed by atoms with van der Waals surface area (Å²) in [4.78, 5) is 12.3. The normalized spacial score (nSPS) is 10.7. The van der Waals surface area contributed by atoms with Gasteiger partial charge in [0.25, 0.3) is 0 Å². The van der Waals surface area contributed by atoms with E-state index in [0.29, 0.717) is 17.4 Å². The molecule has 4 nitrogen and oxygen atoms in total. The Morgan fingerprint density at radius 2 is 1.43 bits per heavy atom. The van der Waals surface area contributed by atoms with Crippen molar-refractivity contribution in [3.8, 4) is 5.75 Å². The number of hydrogen-bond acceptors (Lipinski definition) is 2. The highest BCUT2D eigenvalue weighted by atomic mass is 16.5. The van der Waals surface area contributed by atoms with E-state index in [1.165, 1.54) is 0 Å². The van der Waals surface area contributed by atoms with Gasteiger partial charge in [-0.25, -0.2) is 4.79 Å². The van der Waals surface area contributed by atoms with Gasteiger partial charge in [0.1, 0.15) is 5.75 Å². The molecule has 0 heterocycles. The lowest BCUT2D eigenvalue weighted by atomic mass is 10.0. The van der Waals surface area contributed by atoms with Gasteiger partial charge in [0.2, 0.25) is 0 Å². The lowest BCUT2D eigenvalue weighted by molar-refractivity contribution is 0.243. The Labute approximate surface area is 137 Å². The fourth-order valence-corrected chi connectivity index (χ4v) is 2.32. The van der Waals surface area contributed by atoms with Crippen molar-refractivity contribution < 1.29 is 9.53 Å². The van der Waals surface area contributed by atoms with Gasteiger partial charge in [0, 0.05) is 5.69 Å².